The van der Waals surface area contributed by atoms with Crippen molar-refractivity contribution in [2.45, 2.75) is 0 Å². The number of hydrogen-bond acceptors (Lipinski definition) is 6. The van der Waals surface area contributed by atoms with Crippen molar-refractivity contribution in [3.8, 4) is 17.1 Å². The lowest BCUT2D eigenvalue weighted by atomic mass is 10.1. The Kier molecular flexibility index (Phi) is 5.30. The van der Waals surface area contributed by atoms with Gasteiger partial charge in [-0.15, -0.1) is 0 Å². The molecular weight excluding hydrogens is 416 g/mol. The fourth-order valence-electron chi connectivity index (χ4n) is 3.16. The summed E-state index contributed by atoms with van der Waals surface area (Å²) in [4.78, 5) is 49.6. The van der Waals surface area contributed by atoms with Gasteiger partial charge in [0.2, 0.25) is 0 Å². The Morgan fingerprint density at radius 3 is 2.50 bits per heavy atom. The number of imide groups is 2. The van der Waals surface area contributed by atoms with Crippen molar-refractivity contribution in [3.05, 3.63) is 77.6 Å². The molecule has 2 N–H and O–H groups in total. The zero-order chi connectivity index (χ0) is 22.8. The molecule has 9 heteroatoms. The van der Waals surface area contributed by atoms with Crippen LogP contribution in [0, 0.1) is 0 Å². The highest BCUT2D eigenvalue weighted by molar-refractivity contribution is 6.39. The Morgan fingerprint density at radius 2 is 1.81 bits per heavy atom. The van der Waals surface area contributed by atoms with Crippen molar-refractivity contribution in [2.24, 2.45) is 0 Å². The molecule has 0 spiro atoms. The maximum atomic E-state index is 12.9. The molecule has 0 atom stereocenters. The number of nitrogens with zero attached hydrogens (tertiary/aromatic N) is 1. The highest BCUT2D eigenvalue weighted by Gasteiger charge is 2.37. The Labute approximate surface area is 181 Å². The second kappa shape index (κ2) is 8.23. The van der Waals surface area contributed by atoms with Gasteiger partial charge < -0.3 is 14.3 Å². The zero-order valence-electron chi connectivity index (χ0n) is 16.7. The largest absolute Gasteiger partial charge is 0.497 e. The number of carboxylic acid groups (broad SMARTS) is 1. The molecule has 0 saturated carbocycles. The van der Waals surface area contributed by atoms with Crippen LogP contribution in [0.15, 0.2) is 70.7 Å². The highest BCUT2D eigenvalue weighted by Crippen LogP contribution is 2.27. The number of rotatable bonds is 5. The van der Waals surface area contributed by atoms with Crippen LogP contribution in [-0.4, -0.2) is 36.0 Å². The van der Waals surface area contributed by atoms with E-state index in [1.165, 1.54) is 43.5 Å². The number of hydrogen-bond donors (Lipinski definition) is 2. The zero-order valence-corrected chi connectivity index (χ0v) is 16.7. The summed E-state index contributed by atoms with van der Waals surface area (Å²) in [6.07, 6.45) is 1.23. The number of benzene rings is 2. The number of aromatic carboxylic acids is 1. The molecule has 1 aromatic heterocycles. The minimum absolute atomic E-state index is 0.0919. The first kappa shape index (κ1) is 20.6. The number of carboxylic acids is 1. The van der Waals surface area contributed by atoms with E-state index in [1.54, 1.807) is 30.3 Å². The molecule has 2 aromatic carbocycles. The number of urea groups is 1. The molecule has 0 radical (unpaired) electrons. The summed E-state index contributed by atoms with van der Waals surface area (Å²) in [5.74, 6) is -1.66. The molecule has 2 heterocycles. The van der Waals surface area contributed by atoms with Gasteiger partial charge in [-0.05, 0) is 54.6 Å². The number of carbonyl (C=O) groups is 4. The van der Waals surface area contributed by atoms with Crippen molar-refractivity contribution in [1.29, 1.82) is 0 Å². The van der Waals surface area contributed by atoms with E-state index in [0.29, 0.717) is 17.1 Å². The lowest BCUT2D eigenvalue weighted by Crippen LogP contribution is -2.54. The van der Waals surface area contributed by atoms with Crippen LogP contribution < -0.4 is 15.0 Å². The monoisotopic (exact) mass is 432 g/mol. The topological polar surface area (TPSA) is 126 Å². The third-order valence-electron chi connectivity index (χ3n) is 4.74. The Bertz CT molecular complexity index is 1270. The summed E-state index contributed by atoms with van der Waals surface area (Å²) in [5, 5.41) is 11.3. The average molecular weight is 432 g/mol. The summed E-state index contributed by atoms with van der Waals surface area (Å²) >= 11 is 0. The van der Waals surface area contributed by atoms with E-state index in [4.69, 9.17) is 14.3 Å². The van der Waals surface area contributed by atoms with Gasteiger partial charge in [0.25, 0.3) is 11.8 Å². The predicted octanol–water partition coefficient (Wildman–Crippen LogP) is 3.32. The third kappa shape index (κ3) is 3.86. The standard InChI is InChI=1S/C23H16N2O7/c1-31-16-7-5-15(6-8-16)25-21(27)18(20(26)24-23(25)30)12-17-9-10-19(32-17)13-3-2-4-14(11-13)22(28)29/h2-12H,1H3,(H,28,29)(H,24,26,30). The van der Waals surface area contributed by atoms with E-state index < -0.39 is 23.8 Å². The summed E-state index contributed by atoms with van der Waals surface area (Å²) < 4.78 is 10.8. The number of anilines is 1. The molecule has 1 fully saturated rings. The van der Waals surface area contributed by atoms with Gasteiger partial charge in [-0.3, -0.25) is 14.9 Å². The Balaban J connectivity index is 1.65. The first-order valence-corrected chi connectivity index (χ1v) is 9.36. The highest BCUT2D eigenvalue weighted by atomic mass is 16.5. The molecule has 32 heavy (non-hydrogen) atoms. The van der Waals surface area contributed by atoms with E-state index in [0.717, 1.165) is 4.90 Å². The first-order valence-electron chi connectivity index (χ1n) is 9.36. The molecule has 1 aliphatic rings. The number of nitrogens with one attached hydrogen (secondary N) is 1. The Hall–Kier alpha value is -4.66. The minimum atomic E-state index is -1.08. The molecule has 160 valence electrons. The van der Waals surface area contributed by atoms with E-state index in [9.17, 15) is 19.2 Å². The van der Waals surface area contributed by atoms with Gasteiger partial charge in [-0.2, -0.15) is 0 Å². The molecule has 0 bridgehead atoms. The van der Waals surface area contributed by atoms with Gasteiger partial charge in [0, 0.05) is 5.56 Å². The van der Waals surface area contributed by atoms with Gasteiger partial charge in [0.05, 0.1) is 18.4 Å². The lowest BCUT2D eigenvalue weighted by molar-refractivity contribution is -0.122. The molecular formula is C23H16N2O7. The van der Waals surface area contributed by atoms with Gasteiger partial charge >= 0.3 is 12.0 Å². The van der Waals surface area contributed by atoms with Crippen LogP contribution in [0.1, 0.15) is 16.1 Å². The number of amides is 4. The molecule has 4 rings (SSSR count). The summed E-state index contributed by atoms with van der Waals surface area (Å²) in [7, 11) is 1.49. The maximum absolute atomic E-state index is 12.9. The number of methoxy groups -OCH3 is 1. The average Bonchev–Trinajstić information content (AvgIpc) is 3.26. The molecule has 4 amide bonds. The normalized spacial score (nSPS) is 15.1. The third-order valence-corrected chi connectivity index (χ3v) is 4.74. The van der Waals surface area contributed by atoms with Gasteiger partial charge in [0.15, 0.2) is 0 Å². The fourth-order valence-corrected chi connectivity index (χ4v) is 3.16. The fraction of sp³-hybridized carbons (Fsp3) is 0.0435. The van der Waals surface area contributed by atoms with Crippen LogP contribution in [0.3, 0.4) is 0 Å². The number of furan rings is 1. The number of carbonyl (C=O) groups excluding carboxylic acids is 3. The van der Waals surface area contributed by atoms with Crippen LogP contribution in [-0.2, 0) is 9.59 Å². The molecule has 1 saturated heterocycles. The van der Waals surface area contributed by atoms with Gasteiger partial charge in [-0.25, -0.2) is 14.5 Å². The van der Waals surface area contributed by atoms with Crippen molar-refractivity contribution in [1.82, 2.24) is 5.32 Å². The van der Waals surface area contributed by atoms with E-state index in [2.05, 4.69) is 5.32 Å². The van der Waals surface area contributed by atoms with Crippen LogP contribution in [0.25, 0.3) is 17.4 Å². The smallest absolute Gasteiger partial charge is 0.335 e. The molecule has 0 unspecified atom stereocenters. The summed E-state index contributed by atoms with van der Waals surface area (Å²) in [6.45, 7) is 0. The second-order valence-electron chi connectivity index (χ2n) is 6.74. The van der Waals surface area contributed by atoms with Crippen molar-refractivity contribution in [2.75, 3.05) is 12.0 Å². The van der Waals surface area contributed by atoms with Crippen molar-refractivity contribution >= 4 is 35.6 Å². The maximum Gasteiger partial charge on any atom is 0.335 e. The minimum Gasteiger partial charge on any atom is -0.497 e. The quantitative estimate of drug-likeness (QED) is 0.468. The second-order valence-corrected chi connectivity index (χ2v) is 6.74. The van der Waals surface area contributed by atoms with Gasteiger partial charge in [-0.1, -0.05) is 12.1 Å². The SMILES string of the molecule is COc1ccc(N2C(=O)NC(=O)C(=Cc3ccc(-c4cccc(C(=O)O)c4)o3)C2=O)cc1. The van der Waals surface area contributed by atoms with Crippen LogP contribution in [0.4, 0.5) is 10.5 Å². The van der Waals surface area contributed by atoms with Crippen LogP contribution in [0.5, 0.6) is 5.75 Å². The number of ether oxygens (including phenoxy) is 1. The molecule has 9 nitrogen and oxygen atoms in total. The van der Waals surface area contributed by atoms with Crippen molar-refractivity contribution < 1.29 is 33.4 Å². The van der Waals surface area contributed by atoms with Crippen LogP contribution >= 0.6 is 0 Å². The summed E-state index contributed by atoms with van der Waals surface area (Å²) in [6, 6.07) is 14.6. The van der Waals surface area contributed by atoms with E-state index >= 15 is 0 Å². The Morgan fingerprint density at radius 1 is 1.06 bits per heavy atom. The van der Waals surface area contributed by atoms with E-state index in [-0.39, 0.29) is 22.6 Å². The first-order chi connectivity index (χ1) is 15.4. The van der Waals surface area contributed by atoms with E-state index in [1.807, 2.05) is 0 Å². The molecule has 0 aliphatic carbocycles. The lowest BCUT2D eigenvalue weighted by Gasteiger charge is -2.26. The molecule has 3 aromatic rings. The predicted molar refractivity (Wildman–Crippen MR) is 113 cm³/mol. The number of barbiturate groups is 1. The van der Waals surface area contributed by atoms with Crippen LogP contribution in [0.2, 0.25) is 0 Å². The van der Waals surface area contributed by atoms with Gasteiger partial charge in [0.1, 0.15) is 22.8 Å². The molecule has 1 aliphatic heterocycles. The summed E-state index contributed by atoms with van der Waals surface area (Å²) in [5.41, 5.74) is 0.580. The van der Waals surface area contributed by atoms with Crippen molar-refractivity contribution in [3.63, 3.8) is 0 Å².